The zero-order valence-corrected chi connectivity index (χ0v) is 16.3. The Hall–Kier alpha value is -0.753. The maximum Gasteiger partial charge on any atom is 0.529 e. The maximum atomic E-state index is 13.2. The maximum absolute atomic E-state index is 13.2. The molecule has 0 fully saturated rings. The van der Waals surface area contributed by atoms with Crippen molar-refractivity contribution in [1.82, 2.24) is 0 Å². The minimum atomic E-state index is -3.12. The highest BCUT2D eigenvalue weighted by atomic mass is 31.2. The topological polar surface area (TPSA) is 54.0 Å². The molecule has 0 spiro atoms. The Labute approximate surface area is 140 Å². The van der Waals surface area contributed by atoms with Gasteiger partial charge >= 0.3 is 8.80 Å². The van der Waals surface area contributed by atoms with Crippen LogP contribution in [-0.2, 0) is 22.4 Å². The number of benzene rings is 1. The summed E-state index contributed by atoms with van der Waals surface area (Å²) in [5.74, 6) is 1.57. The van der Waals surface area contributed by atoms with E-state index in [1.165, 1.54) is 0 Å². The highest BCUT2D eigenvalue weighted by Gasteiger charge is 2.39. The van der Waals surface area contributed by atoms with Crippen LogP contribution >= 0.6 is 7.37 Å². The van der Waals surface area contributed by atoms with Gasteiger partial charge in [-0.05, 0) is 45.5 Å². The van der Waals surface area contributed by atoms with Gasteiger partial charge in [-0.2, -0.15) is 0 Å². The van der Waals surface area contributed by atoms with Gasteiger partial charge in [-0.15, -0.1) is 0 Å². The molecule has 1 aromatic carbocycles. The molecule has 0 N–H and O–H groups in total. The normalized spacial score (nSPS) is 15.0. The minimum Gasteiger partial charge on any atom is -0.371 e. The summed E-state index contributed by atoms with van der Waals surface area (Å²) in [5, 5.41) is 0.644. The van der Waals surface area contributed by atoms with Gasteiger partial charge in [-0.25, -0.2) is 0 Å². The van der Waals surface area contributed by atoms with Crippen LogP contribution in [0.4, 0.5) is 0 Å². The fraction of sp³-hybridized carbons (Fsp3) is 0.500. The van der Waals surface area contributed by atoms with Crippen LogP contribution in [0.25, 0.3) is 0 Å². The van der Waals surface area contributed by atoms with Gasteiger partial charge in [-0.3, -0.25) is 4.57 Å². The van der Waals surface area contributed by atoms with E-state index in [0.29, 0.717) is 31.7 Å². The Bertz CT molecular complexity index is 503. The SMILES string of the molecule is CCO[Si](/C=C/P(=O)(OCC)c1ccccc1)(OCC)OCC. The van der Waals surface area contributed by atoms with Crippen molar-refractivity contribution in [2.45, 2.75) is 27.7 Å². The van der Waals surface area contributed by atoms with E-state index in [9.17, 15) is 4.57 Å². The van der Waals surface area contributed by atoms with E-state index in [0.717, 1.165) is 0 Å². The van der Waals surface area contributed by atoms with Crippen LogP contribution < -0.4 is 5.30 Å². The summed E-state index contributed by atoms with van der Waals surface area (Å²) >= 11 is 0. The summed E-state index contributed by atoms with van der Waals surface area (Å²) in [7, 11) is -6.12. The van der Waals surface area contributed by atoms with Crippen LogP contribution in [-0.4, -0.2) is 35.2 Å². The highest BCUT2D eigenvalue weighted by Crippen LogP contribution is 2.47. The van der Waals surface area contributed by atoms with E-state index in [1.807, 2.05) is 45.9 Å². The second-order valence-corrected chi connectivity index (χ2v) is 9.24. The monoisotopic (exact) mass is 358 g/mol. The summed E-state index contributed by atoms with van der Waals surface area (Å²) in [6, 6.07) is 9.15. The van der Waals surface area contributed by atoms with Gasteiger partial charge in [0.25, 0.3) is 7.37 Å². The molecule has 0 bridgehead atoms. The third-order valence-corrected chi connectivity index (χ3v) is 8.08. The fourth-order valence-electron chi connectivity index (χ4n) is 2.09. The molecule has 0 aliphatic rings. The van der Waals surface area contributed by atoms with Crippen molar-refractivity contribution < 1.29 is 22.4 Å². The van der Waals surface area contributed by atoms with E-state index in [1.54, 1.807) is 23.6 Å². The number of hydrogen-bond donors (Lipinski definition) is 0. The second-order valence-electron chi connectivity index (χ2n) is 4.57. The van der Waals surface area contributed by atoms with Gasteiger partial charge in [0.1, 0.15) is 0 Å². The van der Waals surface area contributed by atoms with Gasteiger partial charge in [0.05, 0.1) is 6.61 Å². The molecule has 1 aromatic rings. The highest BCUT2D eigenvalue weighted by molar-refractivity contribution is 7.70. The van der Waals surface area contributed by atoms with Crippen molar-refractivity contribution in [3.8, 4) is 0 Å². The lowest BCUT2D eigenvalue weighted by atomic mass is 10.4. The molecule has 0 saturated heterocycles. The van der Waals surface area contributed by atoms with Crippen molar-refractivity contribution in [2.75, 3.05) is 26.4 Å². The Morgan fingerprint density at radius 1 is 0.913 bits per heavy atom. The van der Waals surface area contributed by atoms with Crippen LogP contribution in [0.2, 0.25) is 0 Å². The molecule has 0 saturated carbocycles. The smallest absolute Gasteiger partial charge is 0.371 e. The Morgan fingerprint density at radius 3 is 1.87 bits per heavy atom. The first-order chi connectivity index (χ1) is 11.1. The van der Waals surface area contributed by atoms with E-state index >= 15 is 0 Å². The summed E-state index contributed by atoms with van der Waals surface area (Å²) < 4.78 is 36.0. The first kappa shape index (κ1) is 20.3. The van der Waals surface area contributed by atoms with Crippen LogP contribution in [0.5, 0.6) is 0 Å². The third-order valence-electron chi connectivity index (χ3n) is 2.95. The van der Waals surface area contributed by atoms with Gasteiger partial charge in [0.15, 0.2) is 0 Å². The standard InChI is InChI=1S/C16H27O5PSi/c1-5-18-22(17,16-12-10-9-11-13-16)14-15-23(19-6-2,20-7-3)21-8-4/h9-15H,5-8H2,1-4H3/b15-14+. The van der Waals surface area contributed by atoms with Gasteiger partial charge in [0.2, 0.25) is 0 Å². The molecule has 1 rings (SSSR count). The van der Waals surface area contributed by atoms with Crippen LogP contribution in [0.15, 0.2) is 41.8 Å². The molecule has 0 radical (unpaired) electrons. The zero-order chi connectivity index (χ0) is 17.2. The molecule has 130 valence electrons. The molecule has 0 aliphatic carbocycles. The first-order valence-electron chi connectivity index (χ1n) is 7.98. The molecular weight excluding hydrogens is 331 g/mol. The van der Waals surface area contributed by atoms with Crippen molar-refractivity contribution in [3.05, 3.63) is 41.8 Å². The van der Waals surface area contributed by atoms with Crippen LogP contribution in [0.1, 0.15) is 27.7 Å². The lowest BCUT2D eigenvalue weighted by molar-refractivity contribution is 0.0843. The summed E-state index contributed by atoms with van der Waals surface area (Å²) in [6.07, 6.45) is 0. The lowest BCUT2D eigenvalue weighted by Crippen LogP contribution is -2.44. The van der Waals surface area contributed by atoms with Gasteiger partial charge < -0.3 is 17.8 Å². The number of rotatable bonds is 11. The summed E-state index contributed by atoms with van der Waals surface area (Å²) in [5.41, 5.74) is 1.69. The third kappa shape index (κ3) is 5.99. The second kappa shape index (κ2) is 10.2. The predicted octanol–water partition coefficient (Wildman–Crippen LogP) is 3.73. The minimum absolute atomic E-state index is 0.350. The number of hydrogen-bond acceptors (Lipinski definition) is 5. The lowest BCUT2D eigenvalue weighted by Gasteiger charge is -2.26. The average Bonchev–Trinajstić information content (AvgIpc) is 2.55. The summed E-state index contributed by atoms with van der Waals surface area (Å²) in [6.45, 7) is 9.19. The molecule has 1 unspecified atom stereocenters. The molecule has 0 amide bonds. The van der Waals surface area contributed by atoms with Crippen molar-refractivity contribution >= 4 is 21.5 Å². The Morgan fingerprint density at radius 2 is 1.43 bits per heavy atom. The van der Waals surface area contributed by atoms with E-state index < -0.39 is 16.2 Å². The Balaban J connectivity index is 3.17. The van der Waals surface area contributed by atoms with E-state index in [-0.39, 0.29) is 0 Å². The molecular formula is C16H27O5PSi. The van der Waals surface area contributed by atoms with Crippen molar-refractivity contribution in [2.24, 2.45) is 0 Å². The molecule has 0 heterocycles. The molecule has 23 heavy (non-hydrogen) atoms. The summed E-state index contributed by atoms with van der Waals surface area (Å²) in [4.78, 5) is 0. The molecule has 0 aliphatic heterocycles. The zero-order valence-electron chi connectivity index (χ0n) is 14.4. The molecule has 0 aromatic heterocycles. The van der Waals surface area contributed by atoms with Crippen LogP contribution in [0, 0.1) is 0 Å². The largest absolute Gasteiger partial charge is 0.529 e. The first-order valence-corrected chi connectivity index (χ1v) is 11.5. The predicted molar refractivity (Wildman–Crippen MR) is 95.1 cm³/mol. The van der Waals surface area contributed by atoms with Crippen molar-refractivity contribution in [3.63, 3.8) is 0 Å². The molecule has 7 heteroatoms. The van der Waals surface area contributed by atoms with Gasteiger partial charge in [-0.1, -0.05) is 18.2 Å². The Kier molecular flexibility index (Phi) is 8.98. The van der Waals surface area contributed by atoms with Gasteiger partial charge in [0, 0.05) is 30.9 Å². The van der Waals surface area contributed by atoms with E-state index in [2.05, 4.69) is 0 Å². The molecule has 5 nitrogen and oxygen atoms in total. The fourth-order valence-corrected chi connectivity index (χ4v) is 6.73. The van der Waals surface area contributed by atoms with Crippen molar-refractivity contribution in [1.29, 1.82) is 0 Å². The average molecular weight is 358 g/mol. The van der Waals surface area contributed by atoms with Crippen LogP contribution in [0.3, 0.4) is 0 Å². The van der Waals surface area contributed by atoms with E-state index in [4.69, 9.17) is 17.8 Å². The molecule has 1 atom stereocenters. The quantitative estimate of drug-likeness (QED) is 0.446.